The van der Waals surface area contributed by atoms with Crippen molar-refractivity contribution in [1.29, 1.82) is 0 Å². The Balaban J connectivity index is 1.89. The van der Waals surface area contributed by atoms with Gasteiger partial charge in [0.05, 0.1) is 6.61 Å². The number of rotatable bonds is 5. The first-order valence-electron chi connectivity index (χ1n) is 7.02. The molecule has 3 rings (SSSR count). The van der Waals surface area contributed by atoms with Crippen LogP contribution in [0.5, 0.6) is 5.75 Å². The van der Waals surface area contributed by atoms with E-state index in [1.807, 2.05) is 25.1 Å². The van der Waals surface area contributed by atoms with Crippen LogP contribution < -0.4 is 5.32 Å². The van der Waals surface area contributed by atoms with Gasteiger partial charge in [-0.15, -0.1) is 15.3 Å². The fourth-order valence-electron chi connectivity index (χ4n) is 2.11. The van der Waals surface area contributed by atoms with Gasteiger partial charge in [0, 0.05) is 12.5 Å². The zero-order valence-corrected chi connectivity index (χ0v) is 12.1. The number of fused-ring (bicyclic) bond motifs is 1. The highest BCUT2D eigenvalue weighted by Crippen LogP contribution is 2.14. The number of hydrogen-bond acceptors (Lipinski definition) is 6. The van der Waals surface area contributed by atoms with Gasteiger partial charge >= 0.3 is 0 Å². The molecule has 0 amide bonds. The number of aliphatic hydroxyl groups is 1. The molecule has 0 unspecified atom stereocenters. The molecule has 22 heavy (non-hydrogen) atoms. The summed E-state index contributed by atoms with van der Waals surface area (Å²) in [6.45, 7) is 1.90. The molecule has 0 spiro atoms. The van der Waals surface area contributed by atoms with Crippen molar-refractivity contribution in [3.8, 4) is 5.75 Å². The number of aromatic hydroxyl groups is 1. The minimum absolute atomic E-state index is 0.0300. The molecular weight excluding hydrogens is 282 g/mol. The maximum absolute atomic E-state index is 9.32. The van der Waals surface area contributed by atoms with Crippen LogP contribution in [0.2, 0.25) is 0 Å². The van der Waals surface area contributed by atoms with E-state index in [1.54, 1.807) is 22.7 Å². The number of anilines is 1. The SMILES string of the molecule is C[C@H](CO)Nc1ccc2nnc(Cc3ccc(O)cc3)n2n1. The third-order valence-electron chi connectivity index (χ3n) is 3.29. The van der Waals surface area contributed by atoms with Crippen LogP contribution in [0.25, 0.3) is 5.65 Å². The largest absolute Gasteiger partial charge is 0.508 e. The summed E-state index contributed by atoms with van der Waals surface area (Å²) in [6.07, 6.45) is 0.563. The number of phenolic OH excluding ortho intramolecular Hbond substituents is 1. The predicted octanol–water partition coefficient (Wildman–Crippen LogP) is 1.21. The van der Waals surface area contributed by atoms with Crippen LogP contribution >= 0.6 is 0 Å². The van der Waals surface area contributed by atoms with Crippen molar-refractivity contribution in [2.24, 2.45) is 0 Å². The number of nitrogens with zero attached hydrogens (tertiary/aromatic N) is 4. The van der Waals surface area contributed by atoms with Gasteiger partial charge in [-0.05, 0) is 36.8 Å². The molecule has 1 atom stereocenters. The van der Waals surface area contributed by atoms with Gasteiger partial charge in [-0.2, -0.15) is 4.52 Å². The topological polar surface area (TPSA) is 95.6 Å². The van der Waals surface area contributed by atoms with Gasteiger partial charge < -0.3 is 15.5 Å². The van der Waals surface area contributed by atoms with Gasteiger partial charge in [-0.1, -0.05) is 12.1 Å². The van der Waals surface area contributed by atoms with E-state index in [1.165, 1.54) is 0 Å². The first-order chi connectivity index (χ1) is 10.7. The Labute approximate surface area is 127 Å². The molecule has 0 saturated heterocycles. The van der Waals surface area contributed by atoms with Crippen molar-refractivity contribution >= 4 is 11.5 Å². The Morgan fingerprint density at radius 2 is 1.91 bits per heavy atom. The van der Waals surface area contributed by atoms with Crippen LogP contribution in [0, 0.1) is 0 Å². The molecule has 3 aromatic rings. The molecule has 0 aliphatic heterocycles. The third kappa shape index (κ3) is 2.99. The van der Waals surface area contributed by atoms with Crippen LogP contribution in [-0.2, 0) is 6.42 Å². The van der Waals surface area contributed by atoms with Gasteiger partial charge in [0.1, 0.15) is 11.6 Å². The molecule has 0 aliphatic carbocycles. The van der Waals surface area contributed by atoms with Gasteiger partial charge in [0.2, 0.25) is 0 Å². The number of nitrogens with one attached hydrogen (secondary N) is 1. The summed E-state index contributed by atoms with van der Waals surface area (Å²) in [5.74, 6) is 1.60. The summed E-state index contributed by atoms with van der Waals surface area (Å²) >= 11 is 0. The standard InChI is InChI=1S/C15H17N5O2/c1-10(9-21)16-13-6-7-14-17-18-15(20(14)19-13)8-11-2-4-12(22)5-3-11/h2-7,10,21-22H,8-9H2,1H3,(H,16,19)/t10-/m1/s1. The summed E-state index contributed by atoms with van der Waals surface area (Å²) < 4.78 is 1.68. The molecule has 7 heteroatoms. The number of benzene rings is 1. The highest BCUT2D eigenvalue weighted by molar-refractivity contribution is 5.44. The first-order valence-corrected chi connectivity index (χ1v) is 7.02. The summed E-state index contributed by atoms with van der Waals surface area (Å²) in [4.78, 5) is 0. The van der Waals surface area contributed by atoms with Crippen LogP contribution in [0.4, 0.5) is 5.82 Å². The van der Waals surface area contributed by atoms with Crippen LogP contribution in [-0.4, -0.2) is 42.7 Å². The molecule has 2 aromatic heterocycles. The fraction of sp³-hybridized carbons (Fsp3) is 0.267. The summed E-state index contributed by atoms with van der Waals surface area (Å²) in [7, 11) is 0. The van der Waals surface area contributed by atoms with Crippen molar-refractivity contribution in [2.45, 2.75) is 19.4 Å². The lowest BCUT2D eigenvalue weighted by Crippen LogP contribution is -2.20. The Hall–Kier alpha value is -2.67. The molecule has 114 valence electrons. The zero-order valence-electron chi connectivity index (χ0n) is 12.1. The normalized spacial score (nSPS) is 12.5. The fourth-order valence-corrected chi connectivity index (χ4v) is 2.11. The van der Waals surface area contributed by atoms with Gasteiger partial charge in [-0.3, -0.25) is 0 Å². The average molecular weight is 299 g/mol. The molecule has 0 aliphatic rings. The molecule has 2 heterocycles. The quantitative estimate of drug-likeness (QED) is 0.655. The van der Waals surface area contributed by atoms with Crippen molar-refractivity contribution in [3.05, 3.63) is 47.8 Å². The van der Waals surface area contributed by atoms with E-state index in [-0.39, 0.29) is 18.4 Å². The molecule has 1 aromatic carbocycles. The minimum Gasteiger partial charge on any atom is -0.508 e. The van der Waals surface area contributed by atoms with Crippen molar-refractivity contribution in [1.82, 2.24) is 19.8 Å². The van der Waals surface area contributed by atoms with Crippen LogP contribution in [0.1, 0.15) is 18.3 Å². The Kier molecular flexibility index (Phi) is 3.88. The molecular formula is C15H17N5O2. The summed E-state index contributed by atoms with van der Waals surface area (Å²) in [6, 6.07) is 10.5. The Morgan fingerprint density at radius 3 is 2.64 bits per heavy atom. The highest BCUT2D eigenvalue weighted by Gasteiger charge is 2.09. The van der Waals surface area contributed by atoms with Gasteiger partial charge in [-0.25, -0.2) is 0 Å². The molecule has 0 radical (unpaired) electrons. The number of phenols is 1. The van der Waals surface area contributed by atoms with E-state index < -0.39 is 0 Å². The Morgan fingerprint density at radius 1 is 1.14 bits per heavy atom. The first kappa shape index (κ1) is 14.3. The van der Waals surface area contributed by atoms with E-state index >= 15 is 0 Å². The number of aliphatic hydroxyl groups excluding tert-OH is 1. The molecule has 0 saturated carbocycles. The van der Waals surface area contributed by atoms with E-state index in [2.05, 4.69) is 20.6 Å². The van der Waals surface area contributed by atoms with Crippen molar-refractivity contribution in [2.75, 3.05) is 11.9 Å². The van der Waals surface area contributed by atoms with Crippen molar-refractivity contribution < 1.29 is 10.2 Å². The monoisotopic (exact) mass is 299 g/mol. The Bertz CT molecular complexity index is 769. The number of hydrogen-bond donors (Lipinski definition) is 3. The summed E-state index contributed by atoms with van der Waals surface area (Å²) in [5.41, 5.74) is 1.67. The average Bonchev–Trinajstić information content (AvgIpc) is 2.92. The zero-order chi connectivity index (χ0) is 15.5. The molecule has 0 bridgehead atoms. The molecule has 3 N–H and O–H groups in total. The minimum atomic E-state index is -0.0815. The third-order valence-corrected chi connectivity index (χ3v) is 3.29. The maximum atomic E-state index is 9.32. The maximum Gasteiger partial charge on any atom is 0.178 e. The predicted molar refractivity (Wildman–Crippen MR) is 81.9 cm³/mol. The van der Waals surface area contributed by atoms with Crippen molar-refractivity contribution in [3.63, 3.8) is 0 Å². The van der Waals surface area contributed by atoms with Gasteiger partial charge in [0.15, 0.2) is 11.5 Å². The smallest absolute Gasteiger partial charge is 0.178 e. The van der Waals surface area contributed by atoms with E-state index in [4.69, 9.17) is 5.11 Å². The lowest BCUT2D eigenvalue weighted by Gasteiger charge is -2.11. The second-order valence-corrected chi connectivity index (χ2v) is 5.18. The van der Waals surface area contributed by atoms with E-state index in [9.17, 15) is 5.11 Å². The van der Waals surface area contributed by atoms with E-state index in [0.29, 0.717) is 23.7 Å². The summed E-state index contributed by atoms with van der Waals surface area (Å²) in [5, 5.41) is 34.2. The molecule has 0 fully saturated rings. The van der Waals surface area contributed by atoms with Crippen LogP contribution in [0.3, 0.4) is 0 Å². The lowest BCUT2D eigenvalue weighted by atomic mass is 10.1. The van der Waals surface area contributed by atoms with E-state index in [0.717, 1.165) is 5.56 Å². The van der Waals surface area contributed by atoms with Gasteiger partial charge in [0.25, 0.3) is 0 Å². The second-order valence-electron chi connectivity index (χ2n) is 5.18. The second kappa shape index (κ2) is 5.98. The highest BCUT2D eigenvalue weighted by atomic mass is 16.3. The lowest BCUT2D eigenvalue weighted by molar-refractivity contribution is 0.281. The molecule has 7 nitrogen and oxygen atoms in total. The van der Waals surface area contributed by atoms with Crippen LogP contribution in [0.15, 0.2) is 36.4 Å². The number of aromatic nitrogens is 4.